The fourth-order valence-corrected chi connectivity index (χ4v) is 3.70. The van der Waals surface area contributed by atoms with Gasteiger partial charge in [0.2, 0.25) is 0 Å². The predicted octanol–water partition coefficient (Wildman–Crippen LogP) is 1.33. The van der Waals surface area contributed by atoms with Gasteiger partial charge in [-0.25, -0.2) is 0 Å². The standard InChI is InChI=1S/C14H25N3O3S/c1-2-7-15-11-13-5-8-17(9-6-13)21(18,19)16-12-14-4-3-10-20-14/h3-4,10,13,15-16H,2,5-9,11-12H2,1H3. The van der Waals surface area contributed by atoms with Crippen LogP contribution in [-0.4, -0.2) is 38.9 Å². The highest BCUT2D eigenvalue weighted by molar-refractivity contribution is 7.87. The summed E-state index contributed by atoms with van der Waals surface area (Å²) in [6.45, 7) is 5.54. The number of furan rings is 1. The molecular weight excluding hydrogens is 290 g/mol. The first-order valence-corrected chi connectivity index (χ1v) is 9.03. The van der Waals surface area contributed by atoms with Crippen molar-refractivity contribution in [3.63, 3.8) is 0 Å². The molecule has 0 spiro atoms. The maximum Gasteiger partial charge on any atom is 0.279 e. The highest BCUT2D eigenvalue weighted by Gasteiger charge is 2.27. The topological polar surface area (TPSA) is 74.6 Å². The SMILES string of the molecule is CCCNCC1CCN(S(=O)(=O)NCc2ccco2)CC1. The van der Waals surface area contributed by atoms with Gasteiger partial charge in [0.25, 0.3) is 10.2 Å². The maximum absolute atomic E-state index is 12.2. The third-order valence-corrected chi connectivity index (χ3v) is 5.34. The fourth-order valence-electron chi connectivity index (χ4n) is 2.50. The molecule has 2 N–H and O–H groups in total. The molecule has 1 aliphatic heterocycles. The molecular formula is C14H25N3O3S. The van der Waals surface area contributed by atoms with Gasteiger partial charge in [-0.15, -0.1) is 0 Å². The van der Waals surface area contributed by atoms with Gasteiger partial charge in [-0.3, -0.25) is 0 Å². The van der Waals surface area contributed by atoms with Crippen LogP contribution in [0.3, 0.4) is 0 Å². The lowest BCUT2D eigenvalue weighted by molar-refractivity contribution is 0.265. The van der Waals surface area contributed by atoms with Crippen molar-refractivity contribution in [3.05, 3.63) is 24.2 Å². The Morgan fingerprint density at radius 3 is 2.76 bits per heavy atom. The Bertz CT molecular complexity index is 494. The average Bonchev–Trinajstić information content (AvgIpc) is 3.00. The Morgan fingerprint density at radius 1 is 1.38 bits per heavy atom. The van der Waals surface area contributed by atoms with Gasteiger partial charge in [-0.1, -0.05) is 6.92 Å². The van der Waals surface area contributed by atoms with Gasteiger partial charge in [-0.2, -0.15) is 17.4 Å². The molecule has 7 heteroatoms. The van der Waals surface area contributed by atoms with E-state index in [1.807, 2.05) is 0 Å². The van der Waals surface area contributed by atoms with Crippen molar-refractivity contribution in [2.24, 2.45) is 5.92 Å². The lowest BCUT2D eigenvalue weighted by Crippen LogP contribution is -2.45. The van der Waals surface area contributed by atoms with E-state index in [9.17, 15) is 8.42 Å². The van der Waals surface area contributed by atoms with E-state index < -0.39 is 10.2 Å². The minimum Gasteiger partial charge on any atom is -0.468 e. The van der Waals surface area contributed by atoms with Crippen LogP contribution in [0.15, 0.2) is 22.8 Å². The van der Waals surface area contributed by atoms with Crippen LogP contribution in [0.4, 0.5) is 0 Å². The number of hydrogen-bond donors (Lipinski definition) is 2. The first kappa shape index (κ1) is 16.5. The summed E-state index contributed by atoms with van der Waals surface area (Å²) in [6.07, 6.45) is 4.50. The molecule has 0 aliphatic carbocycles. The molecule has 1 aliphatic rings. The van der Waals surface area contributed by atoms with Gasteiger partial charge in [0.05, 0.1) is 12.8 Å². The third-order valence-electron chi connectivity index (χ3n) is 3.78. The maximum atomic E-state index is 12.2. The molecule has 0 amide bonds. The van der Waals surface area contributed by atoms with Crippen LogP contribution in [-0.2, 0) is 16.8 Å². The monoisotopic (exact) mass is 315 g/mol. The Kier molecular flexibility index (Phi) is 6.22. The van der Waals surface area contributed by atoms with Crippen LogP contribution in [0.25, 0.3) is 0 Å². The molecule has 21 heavy (non-hydrogen) atoms. The number of rotatable bonds is 8. The summed E-state index contributed by atoms with van der Waals surface area (Å²) in [5.41, 5.74) is 0. The number of nitrogens with zero attached hydrogens (tertiary/aromatic N) is 1. The molecule has 0 aromatic carbocycles. The van der Waals surface area contributed by atoms with Crippen molar-refractivity contribution in [3.8, 4) is 0 Å². The molecule has 1 aromatic rings. The number of hydrogen-bond acceptors (Lipinski definition) is 4. The van der Waals surface area contributed by atoms with E-state index in [2.05, 4.69) is 17.0 Å². The zero-order valence-corrected chi connectivity index (χ0v) is 13.4. The van der Waals surface area contributed by atoms with Gasteiger partial charge in [-0.05, 0) is 50.4 Å². The summed E-state index contributed by atoms with van der Waals surface area (Å²) in [5, 5.41) is 3.41. The van der Waals surface area contributed by atoms with Crippen molar-refractivity contribution < 1.29 is 12.8 Å². The van der Waals surface area contributed by atoms with Crippen LogP contribution >= 0.6 is 0 Å². The largest absolute Gasteiger partial charge is 0.468 e. The van der Waals surface area contributed by atoms with Crippen molar-refractivity contribution in [2.45, 2.75) is 32.7 Å². The van der Waals surface area contributed by atoms with Crippen molar-refractivity contribution >= 4 is 10.2 Å². The molecule has 1 fully saturated rings. The minimum atomic E-state index is -3.41. The quantitative estimate of drug-likeness (QED) is 0.710. The molecule has 0 bridgehead atoms. The Morgan fingerprint density at radius 2 is 2.14 bits per heavy atom. The van der Waals surface area contributed by atoms with Gasteiger partial charge in [0.15, 0.2) is 0 Å². The Labute approximate surface area is 127 Å². The van der Waals surface area contributed by atoms with E-state index in [1.54, 1.807) is 18.4 Å². The van der Waals surface area contributed by atoms with Crippen molar-refractivity contribution in [1.29, 1.82) is 0 Å². The van der Waals surface area contributed by atoms with E-state index in [-0.39, 0.29) is 6.54 Å². The zero-order valence-electron chi connectivity index (χ0n) is 12.5. The van der Waals surface area contributed by atoms with Gasteiger partial charge in [0, 0.05) is 13.1 Å². The van der Waals surface area contributed by atoms with Crippen LogP contribution in [0.2, 0.25) is 0 Å². The second-order valence-corrected chi connectivity index (χ2v) is 7.21. The predicted molar refractivity (Wildman–Crippen MR) is 81.9 cm³/mol. The first-order valence-electron chi connectivity index (χ1n) is 7.59. The molecule has 0 saturated carbocycles. The van der Waals surface area contributed by atoms with Gasteiger partial charge < -0.3 is 9.73 Å². The van der Waals surface area contributed by atoms with E-state index in [1.165, 1.54) is 4.31 Å². The second kappa shape index (κ2) is 7.93. The Hall–Kier alpha value is -0.890. The number of nitrogens with one attached hydrogen (secondary N) is 2. The van der Waals surface area contributed by atoms with Gasteiger partial charge in [0.1, 0.15) is 5.76 Å². The second-order valence-electron chi connectivity index (χ2n) is 5.45. The molecule has 1 aromatic heterocycles. The van der Waals surface area contributed by atoms with E-state index in [4.69, 9.17) is 4.42 Å². The normalized spacial score (nSPS) is 18.1. The average molecular weight is 315 g/mol. The highest BCUT2D eigenvalue weighted by atomic mass is 32.2. The fraction of sp³-hybridized carbons (Fsp3) is 0.714. The first-order chi connectivity index (χ1) is 10.1. The van der Waals surface area contributed by atoms with Crippen molar-refractivity contribution in [2.75, 3.05) is 26.2 Å². The lowest BCUT2D eigenvalue weighted by Gasteiger charge is -2.31. The Balaban J connectivity index is 1.75. The van der Waals surface area contributed by atoms with Crippen LogP contribution in [0.5, 0.6) is 0 Å². The van der Waals surface area contributed by atoms with Crippen molar-refractivity contribution in [1.82, 2.24) is 14.3 Å². The van der Waals surface area contributed by atoms with E-state index >= 15 is 0 Å². The molecule has 2 rings (SSSR count). The molecule has 0 radical (unpaired) electrons. The van der Waals surface area contributed by atoms with Crippen LogP contribution < -0.4 is 10.0 Å². The van der Waals surface area contributed by atoms with E-state index in [0.717, 1.165) is 32.4 Å². The number of piperidine rings is 1. The smallest absolute Gasteiger partial charge is 0.279 e. The summed E-state index contributed by atoms with van der Waals surface area (Å²) < 4.78 is 33.7. The van der Waals surface area contributed by atoms with E-state index in [0.29, 0.717) is 24.8 Å². The summed E-state index contributed by atoms with van der Waals surface area (Å²) in [7, 11) is -3.41. The highest BCUT2D eigenvalue weighted by Crippen LogP contribution is 2.18. The van der Waals surface area contributed by atoms with Crippen LogP contribution in [0, 0.1) is 5.92 Å². The van der Waals surface area contributed by atoms with Crippen LogP contribution in [0.1, 0.15) is 31.9 Å². The lowest BCUT2D eigenvalue weighted by atomic mass is 9.98. The molecule has 0 atom stereocenters. The summed E-state index contributed by atoms with van der Waals surface area (Å²) in [5.74, 6) is 1.20. The molecule has 1 saturated heterocycles. The molecule has 2 heterocycles. The zero-order chi connectivity index (χ0) is 15.1. The minimum absolute atomic E-state index is 0.202. The summed E-state index contributed by atoms with van der Waals surface area (Å²) in [6, 6.07) is 3.51. The molecule has 120 valence electrons. The summed E-state index contributed by atoms with van der Waals surface area (Å²) in [4.78, 5) is 0. The third kappa shape index (κ3) is 5.10. The molecule has 6 nitrogen and oxygen atoms in total. The van der Waals surface area contributed by atoms with Gasteiger partial charge >= 0.3 is 0 Å². The summed E-state index contributed by atoms with van der Waals surface area (Å²) >= 11 is 0. The molecule has 0 unspecified atom stereocenters.